The minimum atomic E-state index is -0.164. The molecule has 0 saturated heterocycles. The molecule has 0 N–H and O–H groups in total. The van der Waals surface area contributed by atoms with E-state index in [4.69, 9.17) is 9.47 Å². The summed E-state index contributed by atoms with van der Waals surface area (Å²) in [5.74, 6) is 4.73. The first-order valence-electron chi connectivity index (χ1n) is 19.0. The summed E-state index contributed by atoms with van der Waals surface area (Å²) in [4.78, 5) is 42.8. The number of carbonyl (C=O) groups excluding carboxylic acids is 2. The van der Waals surface area contributed by atoms with Gasteiger partial charge in [0, 0.05) is 25.2 Å². The lowest BCUT2D eigenvalue weighted by Gasteiger charge is -2.36. The fourth-order valence-corrected chi connectivity index (χ4v) is 8.11. The van der Waals surface area contributed by atoms with Crippen LogP contribution in [0.25, 0.3) is 22.1 Å². The average molecular weight is 687 g/mol. The molecule has 6 rings (SSSR count). The maximum absolute atomic E-state index is 12.7. The van der Waals surface area contributed by atoms with Crippen LogP contribution < -0.4 is 0 Å². The summed E-state index contributed by atoms with van der Waals surface area (Å²) in [6, 6.07) is 3.79. The van der Waals surface area contributed by atoms with Gasteiger partial charge in [0.2, 0.25) is 0 Å². The van der Waals surface area contributed by atoms with Gasteiger partial charge >= 0.3 is 11.9 Å². The predicted octanol–water partition coefficient (Wildman–Crippen LogP) is 8.00. The zero-order valence-corrected chi connectivity index (χ0v) is 31.5. The smallest absolute Gasteiger partial charge is 0.326 e. The van der Waals surface area contributed by atoms with Gasteiger partial charge in [0.15, 0.2) is 0 Å². The molecular formula is C40H58N6O4. The van der Waals surface area contributed by atoms with E-state index in [-0.39, 0.29) is 37.2 Å². The van der Waals surface area contributed by atoms with Gasteiger partial charge in [0.1, 0.15) is 42.5 Å². The largest absolute Gasteiger partial charge is 0.461 e. The molecule has 272 valence electrons. The van der Waals surface area contributed by atoms with Gasteiger partial charge in [-0.25, -0.2) is 9.97 Å². The van der Waals surface area contributed by atoms with Gasteiger partial charge in [-0.3, -0.25) is 19.6 Å². The van der Waals surface area contributed by atoms with Crippen LogP contribution in [0.3, 0.4) is 0 Å². The van der Waals surface area contributed by atoms with E-state index in [2.05, 4.69) is 61.5 Å². The Morgan fingerprint density at radius 2 is 1.18 bits per heavy atom. The van der Waals surface area contributed by atoms with E-state index in [1.165, 1.54) is 12.8 Å². The number of aryl methyl sites for hydroxylation is 2. The highest BCUT2D eigenvalue weighted by Gasteiger charge is 2.35. The number of carbonyl (C=O) groups is 2. The van der Waals surface area contributed by atoms with E-state index >= 15 is 0 Å². The molecule has 2 saturated carbocycles. The third-order valence-corrected chi connectivity index (χ3v) is 11.0. The van der Waals surface area contributed by atoms with Crippen molar-refractivity contribution in [2.75, 3.05) is 0 Å². The van der Waals surface area contributed by atoms with Crippen molar-refractivity contribution >= 4 is 34.0 Å². The summed E-state index contributed by atoms with van der Waals surface area (Å²) in [6.07, 6.45) is 15.3. The molecule has 10 nitrogen and oxygen atoms in total. The Morgan fingerprint density at radius 1 is 0.700 bits per heavy atom. The maximum Gasteiger partial charge on any atom is 0.326 e. The molecule has 0 radical (unpaired) electrons. The summed E-state index contributed by atoms with van der Waals surface area (Å²) in [5.41, 5.74) is 3.56. The summed E-state index contributed by atoms with van der Waals surface area (Å²) in [7, 11) is 0. The number of imidazole rings is 2. The maximum atomic E-state index is 12.7. The van der Waals surface area contributed by atoms with Crippen molar-refractivity contribution in [1.29, 1.82) is 0 Å². The topological polar surface area (TPSA) is 114 Å². The van der Waals surface area contributed by atoms with Gasteiger partial charge in [-0.05, 0) is 73.3 Å². The lowest BCUT2D eigenvalue weighted by molar-refractivity contribution is -0.157. The molecule has 10 heteroatoms. The van der Waals surface area contributed by atoms with E-state index in [1.54, 1.807) is 24.8 Å². The quantitative estimate of drug-likeness (QED) is 0.154. The highest BCUT2D eigenvalue weighted by atomic mass is 16.5. The van der Waals surface area contributed by atoms with E-state index in [1.807, 2.05) is 35.1 Å². The van der Waals surface area contributed by atoms with Crippen molar-refractivity contribution in [1.82, 2.24) is 29.1 Å². The monoisotopic (exact) mass is 686 g/mol. The number of hydrogen-bond donors (Lipinski definition) is 0. The first-order chi connectivity index (χ1) is 24.0. The average Bonchev–Trinajstić information content (AvgIpc) is 3.62. The summed E-state index contributed by atoms with van der Waals surface area (Å²) < 4.78 is 15.8. The Morgan fingerprint density at radius 3 is 1.70 bits per heavy atom. The van der Waals surface area contributed by atoms with Gasteiger partial charge in [0.25, 0.3) is 0 Å². The minimum Gasteiger partial charge on any atom is -0.461 e. The molecule has 6 atom stereocenters. The van der Waals surface area contributed by atoms with Gasteiger partial charge in [-0.2, -0.15) is 0 Å². The number of hydrogen-bond acceptors (Lipinski definition) is 8. The zero-order valence-electron chi connectivity index (χ0n) is 31.5. The Labute approximate surface area is 297 Å². The van der Waals surface area contributed by atoms with E-state index < -0.39 is 0 Å². The van der Waals surface area contributed by atoms with E-state index in [9.17, 15) is 9.59 Å². The summed E-state index contributed by atoms with van der Waals surface area (Å²) in [5, 5.41) is 0. The van der Waals surface area contributed by atoms with Crippen molar-refractivity contribution < 1.29 is 19.1 Å². The number of nitrogens with zero attached hydrogens (tertiary/aromatic N) is 6. The molecule has 2 fully saturated rings. The Kier molecular flexibility index (Phi) is 12.7. The number of esters is 2. The highest BCUT2D eigenvalue weighted by Crippen LogP contribution is 2.36. The second kappa shape index (κ2) is 16.9. The molecule has 0 aliphatic heterocycles. The third-order valence-electron chi connectivity index (χ3n) is 11.0. The number of fused-ring (bicyclic) bond motifs is 2. The van der Waals surface area contributed by atoms with Crippen LogP contribution in [0.4, 0.5) is 0 Å². The van der Waals surface area contributed by atoms with Crippen LogP contribution >= 0.6 is 0 Å². The van der Waals surface area contributed by atoms with Gasteiger partial charge in [-0.15, -0.1) is 0 Å². The van der Waals surface area contributed by atoms with Gasteiger partial charge in [-0.1, -0.05) is 68.2 Å². The number of rotatable bonds is 10. The standard InChI is InChI=1S/2C20H29N3O2/c1-5-19-22-16-11-21-9-8-17(16)23(19)12-20(24)25-18-10-14(4)6-7-15(18)13(2)3;1-5-19-22-16-8-9-21-11-17(16)23(19)12-20(24)25-18-10-14(4)6-7-15(18)13(2)3/h2*8-9,11,13-15,18H,5-7,10,12H2,1-4H3/t2*14-,15+,18?/m11/s1. The van der Waals surface area contributed by atoms with Crippen LogP contribution in [0.1, 0.15) is 106 Å². The molecule has 50 heavy (non-hydrogen) atoms. The predicted molar refractivity (Wildman–Crippen MR) is 196 cm³/mol. The molecule has 4 heterocycles. The highest BCUT2D eigenvalue weighted by molar-refractivity contribution is 5.79. The minimum absolute atomic E-state index is 0.0363. The molecule has 0 amide bonds. The Balaban J connectivity index is 0.000000194. The van der Waals surface area contributed by atoms with Crippen molar-refractivity contribution in [3.05, 3.63) is 48.6 Å². The zero-order chi connectivity index (χ0) is 35.9. The molecule has 2 aliphatic carbocycles. The van der Waals surface area contributed by atoms with Crippen molar-refractivity contribution in [2.45, 2.75) is 132 Å². The molecule has 4 aromatic heterocycles. The van der Waals surface area contributed by atoms with E-state index in [0.29, 0.717) is 35.5 Å². The van der Waals surface area contributed by atoms with Crippen LogP contribution in [0, 0.1) is 35.5 Å². The molecule has 2 unspecified atom stereocenters. The molecule has 0 aromatic carbocycles. The van der Waals surface area contributed by atoms with E-state index in [0.717, 1.165) is 72.2 Å². The molecule has 0 spiro atoms. The normalized spacial score (nSPS) is 24.0. The second-order valence-electron chi connectivity index (χ2n) is 15.4. The van der Waals surface area contributed by atoms with Crippen LogP contribution in [0.2, 0.25) is 0 Å². The van der Waals surface area contributed by atoms with Crippen LogP contribution in [0.5, 0.6) is 0 Å². The Hall–Kier alpha value is -3.82. The fraction of sp³-hybridized carbons (Fsp3) is 0.650. The molecule has 2 aliphatic rings. The third kappa shape index (κ3) is 8.90. The Bertz CT molecular complexity index is 1600. The second-order valence-corrected chi connectivity index (χ2v) is 15.4. The fourth-order valence-electron chi connectivity index (χ4n) is 8.11. The first-order valence-corrected chi connectivity index (χ1v) is 19.0. The molecule has 4 aromatic rings. The van der Waals surface area contributed by atoms with Crippen LogP contribution in [0.15, 0.2) is 36.9 Å². The SMILES string of the molecule is CCc1nc2ccncc2n1CC(=O)OC1C[C@H](C)CC[C@H]1C(C)C.CCc1nc2cnccc2n1CC(=O)OC1C[C@H](C)CC[C@H]1C(C)C. The van der Waals surface area contributed by atoms with Gasteiger partial charge < -0.3 is 18.6 Å². The summed E-state index contributed by atoms with van der Waals surface area (Å²) in [6.45, 7) is 17.9. The van der Waals surface area contributed by atoms with Gasteiger partial charge in [0.05, 0.1) is 28.9 Å². The first kappa shape index (κ1) is 37.4. The van der Waals surface area contributed by atoms with Crippen molar-refractivity contribution in [2.24, 2.45) is 35.5 Å². The number of ether oxygens (including phenoxy) is 2. The lowest BCUT2D eigenvalue weighted by atomic mass is 9.75. The lowest BCUT2D eigenvalue weighted by Crippen LogP contribution is -2.36. The number of pyridine rings is 2. The van der Waals surface area contributed by atoms with Crippen LogP contribution in [-0.4, -0.2) is 53.2 Å². The molecular weight excluding hydrogens is 628 g/mol. The summed E-state index contributed by atoms with van der Waals surface area (Å²) >= 11 is 0. The number of aromatic nitrogens is 6. The van der Waals surface area contributed by atoms with Crippen molar-refractivity contribution in [3.63, 3.8) is 0 Å². The van der Waals surface area contributed by atoms with Crippen molar-refractivity contribution in [3.8, 4) is 0 Å². The molecule has 0 bridgehead atoms. The van der Waals surface area contributed by atoms with Crippen LogP contribution in [-0.2, 0) is 45.0 Å².